The zero-order valence-electron chi connectivity index (χ0n) is 13.2. The molecule has 2 unspecified atom stereocenters. The highest BCUT2D eigenvalue weighted by molar-refractivity contribution is 5.82. The summed E-state index contributed by atoms with van der Waals surface area (Å²) in [6.45, 7) is 4.06. The minimum atomic E-state index is -0.430. The van der Waals surface area contributed by atoms with E-state index in [-0.39, 0.29) is 5.97 Å². The van der Waals surface area contributed by atoms with E-state index >= 15 is 0 Å². The van der Waals surface area contributed by atoms with Crippen LogP contribution in [0.3, 0.4) is 0 Å². The van der Waals surface area contributed by atoms with Crippen LogP contribution in [0.1, 0.15) is 58.3 Å². The Morgan fingerprint density at radius 3 is 2.71 bits per heavy atom. The Kier molecular flexibility index (Phi) is 4.85. The summed E-state index contributed by atoms with van der Waals surface area (Å²) in [7, 11) is 0. The molecule has 0 aromatic heterocycles. The van der Waals surface area contributed by atoms with Crippen LogP contribution in [0.4, 0.5) is 0 Å². The number of carbonyl (C=O) groups excluding carboxylic acids is 1. The minimum absolute atomic E-state index is 0.0263. The number of nitrogens with one attached hydrogen (secondary N) is 1. The molecule has 3 saturated carbocycles. The standard InChI is InChI=1S/C17H29NO3/c1-2-21-16(19)17(18-15-7-8-15)10-3-4-14(17)9-11-20-12-13-5-6-13/h13-15,18H,2-12H2,1H3. The Labute approximate surface area is 127 Å². The minimum Gasteiger partial charge on any atom is -0.465 e. The third kappa shape index (κ3) is 3.78. The molecule has 3 aliphatic carbocycles. The molecule has 1 N–H and O–H groups in total. The summed E-state index contributed by atoms with van der Waals surface area (Å²) >= 11 is 0. The Hall–Kier alpha value is -0.610. The highest BCUT2D eigenvalue weighted by Crippen LogP contribution is 2.41. The lowest BCUT2D eigenvalue weighted by Gasteiger charge is -2.34. The van der Waals surface area contributed by atoms with E-state index in [9.17, 15) is 4.79 Å². The highest BCUT2D eigenvalue weighted by atomic mass is 16.5. The number of hydrogen-bond donors (Lipinski definition) is 1. The second kappa shape index (κ2) is 6.66. The molecular weight excluding hydrogens is 266 g/mol. The quantitative estimate of drug-likeness (QED) is 0.525. The van der Waals surface area contributed by atoms with Gasteiger partial charge in [0, 0.05) is 19.3 Å². The largest absolute Gasteiger partial charge is 0.465 e. The van der Waals surface area contributed by atoms with E-state index in [2.05, 4.69) is 5.32 Å². The van der Waals surface area contributed by atoms with Crippen molar-refractivity contribution in [3.05, 3.63) is 0 Å². The summed E-state index contributed by atoms with van der Waals surface area (Å²) in [5.74, 6) is 1.16. The third-order valence-electron chi connectivity index (χ3n) is 5.16. The maximum absolute atomic E-state index is 12.6. The van der Waals surface area contributed by atoms with Gasteiger partial charge in [0.15, 0.2) is 0 Å². The van der Waals surface area contributed by atoms with Crippen LogP contribution < -0.4 is 5.32 Å². The van der Waals surface area contributed by atoms with Crippen molar-refractivity contribution in [3.8, 4) is 0 Å². The SMILES string of the molecule is CCOC(=O)C1(NC2CC2)CCCC1CCOCC1CC1. The molecule has 3 aliphatic rings. The smallest absolute Gasteiger partial charge is 0.326 e. The summed E-state index contributed by atoms with van der Waals surface area (Å²) in [6.07, 6.45) is 9.20. The van der Waals surface area contributed by atoms with Gasteiger partial charge in [0.05, 0.1) is 6.61 Å². The predicted molar refractivity (Wildman–Crippen MR) is 81.0 cm³/mol. The molecule has 0 aromatic rings. The van der Waals surface area contributed by atoms with E-state index < -0.39 is 5.54 Å². The van der Waals surface area contributed by atoms with Gasteiger partial charge < -0.3 is 9.47 Å². The van der Waals surface area contributed by atoms with Gasteiger partial charge in [-0.2, -0.15) is 0 Å². The van der Waals surface area contributed by atoms with Gasteiger partial charge in [-0.1, -0.05) is 6.42 Å². The van der Waals surface area contributed by atoms with E-state index in [1.165, 1.54) is 25.7 Å². The zero-order chi connectivity index (χ0) is 14.7. The first-order valence-corrected chi connectivity index (χ1v) is 8.77. The molecule has 120 valence electrons. The fourth-order valence-corrected chi connectivity index (χ4v) is 3.60. The van der Waals surface area contributed by atoms with Gasteiger partial charge in [-0.05, 0) is 63.7 Å². The van der Waals surface area contributed by atoms with E-state index in [1.807, 2.05) is 6.92 Å². The molecule has 0 heterocycles. The highest BCUT2D eigenvalue weighted by Gasteiger charge is 2.51. The van der Waals surface area contributed by atoms with Crippen LogP contribution in [-0.4, -0.2) is 37.4 Å². The molecule has 3 fully saturated rings. The fraction of sp³-hybridized carbons (Fsp3) is 0.941. The number of esters is 1. The van der Waals surface area contributed by atoms with Gasteiger partial charge in [0.2, 0.25) is 0 Å². The van der Waals surface area contributed by atoms with E-state index in [1.54, 1.807) is 0 Å². The lowest BCUT2D eigenvalue weighted by Crippen LogP contribution is -2.56. The Morgan fingerprint density at radius 2 is 2.05 bits per heavy atom. The van der Waals surface area contributed by atoms with Crippen molar-refractivity contribution in [1.29, 1.82) is 0 Å². The van der Waals surface area contributed by atoms with Crippen molar-refractivity contribution >= 4 is 5.97 Å². The van der Waals surface area contributed by atoms with E-state index in [0.717, 1.165) is 44.8 Å². The van der Waals surface area contributed by atoms with Gasteiger partial charge in [0.25, 0.3) is 0 Å². The van der Waals surface area contributed by atoms with Crippen LogP contribution in [0.5, 0.6) is 0 Å². The molecular formula is C17H29NO3. The van der Waals surface area contributed by atoms with Gasteiger partial charge in [0.1, 0.15) is 5.54 Å². The third-order valence-corrected chi connectivity index (χ3v) is 5.16. The summed E-state index contributed by atoms with van der Waals surface area (Å²) in [5.41, 5.74) is -0.430. The molecule has 0 amide bonds. The van der Waals surface area contributed by atoms with Gasteiger partial charge in [-0.3, -0.25) is 10.1 Å². The number of rotatable bonds is 9. The topological polar surface area (TPSA) is 47.6 Å². The molecule has 0 saturated heterocycles. The number of hydrogen-bond acceptors (Lipinski definition) is 4. The van der Waals surface area contributed by atoms with Crippen LogP contribution >= 0.6 is 0 Å². The van der Waals surface area contributed by atoms with Gasteiger partial charge in [-0.15, -0.1) is 0 Å². The first-order chi connectivity index (χ1) is 10.2. The van der Waals surface area contributed by atoms with Crippen LogP contribution in [0.25, 0.3) is 0 Å². The van der Waals surface area contributed by atoms with Crippen LogP contribution in [0, 0.1) is 11.8 Å². The monoisotopic (exact) mass is 295 g/mol. The van der Waals surface area contributed by atoms with Crippen molar-refractivity contribution in [2.24, 2.45) is 11.8 Å². The van der Waals surface area contributed by atoms with Crippen molar-refractivity contribution < 1.29 is 14.3 Å². The Bertz CT molecular complexity index is 365. The van der Waals surface area contributed by atoms with Crippen molar-refractivity contribution in [3.63, 3.8) is 0 Å². The number of ether oxygens (including phenoxy) is 2. The molecule has 0 bridgehead atoms. The molecule has 2 atom stereocenters. The van der Waals surface area contributed by atoms with Gasteiger partial charge in [-0.25, -0.2) is 0 Å². The maximum atomic E-state index is 12.6. The lowest BCUT2D eigenvalue weighted by atomic mass is 9.84. The fourth-order valence-electron chi connectivity index (χ4n) is 3.60. The Morgan fingerprint density at radius 1 is 1.24 bits per heavy atom. The normalized spacial score (nSPS) is 32.3. The zero-order valence-corrected chi connectivity index (χ0v) is 13.2. The average molecular weight is 295 g/mol. The second-order valence-corrected chi connectivity index (χ2v) is 7.01. The molecule has 0 aliphatic heterocycles. The number of carbonyl (C=O) groups is 1. The van der Waals surface area contributed by atoms with Crippen molar-refractivity contribution in [2.45, 2.75) is 69.9 Å². The van der Waals surface area contributed by atoms with Crippen molar-refractivity contribution in [1.82, 2.24) is 5.32 Å². The van der Waals surface area contributed by atoms with Crippen LogP contribution in [-0.2, 0) is 14.3 Å². The van der Waals surface area contributed by atoms with Gasteiger partial charge >= 0.3 is 5.97 Å². The molecule has 21 heavy (non-hydrogen) atoms. The molecule has 0 spiro atoms. The second-order valence-electron chi connectivity index (χ2n) is 7.01. The summed E-state index contributed by atoms with van der Waals surface area (Å²) < 4.78 is 11.2. The molecule has 4 nitrogen and oxygen atoms in total. The average Bonchev–Trinajstić information content (AvgIpc) is 3.37. The first-order valence-electron chi connectivity index (χ1n) is 8.77. The summed E-state index contributed by atoms with van der Waals surface area (Å²) in [4.78, 5) is 12.6. The van der Waals surface area contributed by atoms with E-state index in [0.29, 0.717) is 18.6 Å². The Balaban J connectivity index is 1.56. The van der Waals surface area contributed by atoms with E-state index in [4.69, 9.17) is 9.47 Å². The van der Waals surface area contributed by atoms with Crippen LogP contribution in [0.2, 0.25) is 0 Å². The molecule has 4 heteroatoms. The lowest BCUT2D eigenvalue weighted by molar-refractivity contribution is -0.153. The summed E-state index contributed by atoms with van der Waals surface area (Å²) in [5, 5.41) is 3.63. The van der Waals surface area contributed by atoms with Crippen molar-refractivity contribution in [2.75, 3.05) is 19.8 Å². The molecule has 0 aromatic carbocycles. The predicted octanol–water partition coefficient (Wildman–Crippen LogP) is 2.66. The molecule has 3 rings (SSSR count). The first kappa shape index (κ1) is 15.3. The molecule has 0 radical (unpaired) electrons. The maximum Gasteiger partial charge on any atom is 0.326 e. The summed E-state index contributed by atoms with van der Waals surface area (Å²) in [6, 6.07) is 0.530. The van der Waals surface area contributed by atoms with Crippen LogP contribution in [0.15, 0.2) is 0 Å².